The summed E-state index contributed by atoms with van der Waals surface area (Å²) in [5.41, 5.74) is 3.61. The second kappa shape index (κ2) is 5.73. The molecule has 0 atom stereocenters. The normalized spacial score (nSPS) is 11.5. The van der Waals surface area contributed by atoms with Crippen molar-refractivity contribution >= 4 is 45.2 Å². The molecule has 0 amide bonds. The maximum Gasteiger partial charge on any atom is 0.488 e. The second-order valence-corrected chi connectivity index (χ2v) is 6.54. The number of para-hydroxylation sites is 1. The van der Waals surface area contributed by atoms with E-state index in [1.807, 2.05) is 42.5 Å². The van der Waals surface area contributed by atoms with Crippen molar-refractivity contribution in [2.75, 3.05) is 0 Å². The molecule has 0 saturated heterocycles. The van der Waals surface area contributed by atoms with Crippen LogP contribution in [0.1, 0.15) is 0 Å². The van der Waals surface area contributed by atoms with Crippen LogP contribution in [0.15, 0.2) is 84.9 Å². The summed E-state index contributed by atoms with van der Waals surface area (Å²) in [6, 6.07) is 28.5. The third-order valence-electron chi connectivity index (χ3n) is 4.97. The van der Waals surface area contributed by atoms with Gasteiger partial charge in [-0.1, -0.05) is 54.6 Å². The molecule has 5 rings (SSSR count). The van der Waals surface area contributed by atoms with Crippen LogP contribution in [0.2, 0.25) is 0 Å². The van der Waals surface area contributed by atoms with Gasteiger partial charge in [0.15, 0.2) is 0 Å². The lowest BCUT2D eigenvalue weighted by atomic mass is 9.80. The van der Waals surface area contributed by atoms with Gasteiger partial charge in [0.05, 0.1) is 11.0 Å². The van der Waals surface area contributed by atoms with Crippen LogP contribution >= 0.6 is 0 Å². The minimum absolute atomic E-state index is 0.488. The number of fused-ring (bicyclic) bond motifs is 4. The van der Waals surface area contributed by atoms with E-state index in [9.17, 15) is 10.0 Å². The Hall–Kier alpha value is -3.08. The van der Waals surface area contributed by atoms with Crippen LogP contribution in [0, 0.1) is 0 Å². The predicted octanol–water partition coefficient (Wildman–Crippen LogP) is 3.62. The highest BCUT2D eigenvalue weighted by atomic mass is 16.4. The molecule has 4 aromatic carbocycles. The van der Waals surface area contributed by atoms with Gasteiger partial charge in [-0.05, 0) is 46.6 Å². The fourth-order valence-electron chi connectivity index (χ4n) is 3.74. The molecule has 5 aromatic rings. The Morgan fingerprint density at radius 3 is 2.00 bits per heavy atom. The molecule has 0 radical (unpaired) electrons. The van der Waals surface area contributed by atoms with E-state index in [1.165, 1.54) is 10.8 Å². The number of nitrogens with zero attached hydrogens (tertiary/aromatic N) is 1. The van der Waals surface area contributed by atoms with Gasteiger partial charge in [0, 0.05) is 16.5 Å². The quantitative estimate of drug-likeness (QED) is 0.483. The van der Waals surface area contributed by atoms with Crippen molar-refractivity contribution in [3.05, 3.63) is 84.9 Å². The zero-order valence-corrected chi connectivity index (χ0v) is 14.0. The average molecular weight is 337 g/mol. The molecule has 0 aliphatic heterocycles. The Labute approximate surface area is 150 Å². The highest BCUT2D eigenvalue weighted by molar-refractivity contribution is 6.59. The number of benzene rings is 4. The average Bonchev–Trinajstić information content (AvgIpc) is 2.99. The highest BCUT2D eigenvalue weighted by Gasteiger charge is 2.17. The van der Waals surface area contributed by atoms with Gasteiger partial charge in [0.25, 0.3) is 0 Å². The highest BCUT2D eigenvalue weighted by Crippen LogP contribution is 2.34. The van der Waals surface area contributed by atoms with E-state index in [2.05, 4.69) is 41.0 Å². The van der Waals surface area contributed by atoms with Crippen molar-refractivity contribution in [3.8, 4) is 5.69 Å². The van der Waals surface area contributed by atoms with E-state index in [4.69, 9.17) is 0 Å². The van der Waals surface area contributed by atoms with Crippen LogP contribution in [-0.2, 0) is 0 Å². The minimum Gasteiger partial charge on any atom is -0.423 e. The van der Waals surface area contributed by atoms with Gasteiger partial charge in [-0.15, -0.1) is 0 Å². The summed E-state index contributed by atoms with van der Waals surface area (Å²) in [6.07, 6.45) is 0. The van der Waals surface area contributed by atoms with Crippen LogP contribution in [0.4, 0.5) is 0 Å². The molecule has 1 heterocycles. The summed E-state index contributed by atoms with van der Waals surface area (Å²) in [5.74, 6) is 0. The van der Waals surface area contributed by atoms with Crippen molar-refractivity contribution in [1.29, 1.82) is 0 Å². The van der Waals surface area contributed by atoms with Gasteiger partial charge >= 0.3 is 7.12 Å². The van der Waals surface area contributed by atoms with E-state index in [0.717, 1.165) is 27.5 Å². The molecule has 0 aliphatic rings. The standard InChI is InChI=1S/C22H16BNO2/c25-23(26)17-10-11-19-20-12-15-6-4-5-7-16(15)13-21(20)24(22(19)14-17)18-8-2-1-3-9-18/h1-14,25-26H. The van der Waals surface area contributed by atoms with E-state index >= 15 is 0 Å². The topological polar surface area (TPSA) is 45.4 Å². The summed E-state index contributed by atoms with van der Waals surface area (Å²) >= 11 is 0. The monoisotopic (exact) mass is 337 g/mol. The predicted molar refractivity (Wildman–Crippen MR) is 108 cm³/mol. The first-order valence-corrected chi connectivity index (χ1v) is 8.61. The number of aromatic nitrogens is 1. The third kappa shape index (κ3) is 2.24. The fraction of sp³-hybridized carbons (Fsp3) is 0. The molecule has 26 heavy (non-hydrogen) atoms. The lowest BCUT2D eigenvalue weighted by Crippen LogP contribution is -2.29. The van der Waals surface area contributed by atoms with Gasteiger partial charge in [0.2, 0.25) is 0 Å². The maximum atomic E-state index is 9.62. The summed E-state index contributed by atoms with van der Waals surface area (Å²) in [7, 11) is -1.49. The molecule has 0 fully saturated rings. The van der Waals surface area contributed by atoms with Crippen molar-refractivity contribution < 1.29 is 10.0 Å². The van der Waals surface area contributed by atoms with Gasteiger partial charge in [-0.25, -0.2) is 0 Å². The Morgan fingerprint density at radius 1 is 0.615 bits per heavy atom. The van der Waals surface area contributed by atoms with E-state index < -0.39 is 7.12 Å². The first-order chi connectivity index (χ1) is 12.7. The Morgan fingerprint density at radius 2 is 1.27 bits per heavy atom. The Bertz CT molecular complexity index is 1260. The number of hydrogen-bond acceptors (Lipinski definition) is 2. The fourth-order valence-corrected chi connectivity index (χ4v) is 3.74. The van der Waals surface area contributed by atoms with Gasteiger partial charge < -0.3 is 14.6 Å². The molecular weight excluding hydrogens is 321 g/mol. The molecule has 3 nitrogen and oxygen atoms in total. The van der Waals surface area contributed by atoms with Crippen molar-refractivity contribution in [1.82, 2.24) is 4.57 Å². The summed E-state index contributed by atoms with van der Waals surface area (Å²) < 4.78 is 2.18. The number of rotatable bonds is 2. The summed E-state index contributed by atoms with van der Waals surface area (Å²) in [6.45, 7) is 0. The Kier molecular flexibility index (Phi) is 3.35. The molecule has 1 aromatic heterocycles. The zero-order valence-electron chi connectivity index (χ0n) is 14.0. The molecule has 0 aliphatic carbocycles. The van der Waals surface area contributed by atoms with E-state index in [0.29, 0.717) is 5.46 Å². The first kappa shape index (κ1) is 15.2. The van der Waals surface area contributed by atoms with Crippen LogP contribution in [0.5, 0.6) is 0 Å². The van der Waals surface area contributed by atoms with Gasteiger partial charge in [-0.3, -0.25) is 0 Å². The second-order valence-electron chi connectivity index (χ2n) is 6.54. The molecule has 0 spiro atoms. The van der Waals surface area contributed by atoms with Crippen LogP contribution in [0.25, 0.3) is 38.3 Å². The minimum atomic E-state index is -1.49. The summed E-state index contributed by atoms with van der Waals surface area (Å²) in [4.78, 5) is 0. The van der Waals surface area contributed by atoms with Crippen LogP contribution < -0.4 is 5.46 Å². The van der Waals surface area contributed by atoms with Gasteiger partial charge in [-0.2, -0.15) is 0 Å². The van der Waals surface area contributed by atoms with E-state index in [1.54, 1.807) is 6.07 Å². The zero-order chi connectivity index (χ0) is 17.7. The van der Waals surface area contributed by atoms with E-state index in [-0.39, 0.29) is 0 Å². The number of hydrogen-bond donors (Lipinski definition) is 2. The SMILES string of the molecule is OB(O)c1ccc2c3cc4ccccc4cc3n(-c3ccccc3)c2c1. The molecule has 0 bridgehead atoms. The smallest absolute Gasteiger partial charge is 0.423 e. The molecule has 2 N–H and O–H groups in total. The molecule has 0 saturated carbocycles. The van der Waals surface area contributed by atoms with Crippen LogP contribution in [-0.4, -0.2) is 21.7 Å². The molecule has 4 heteroatoms. The molecule has 0 unspecified atom stereocenters. The first-order valence-electron chi connectivity index (χ1n) is 8.61. The third-order valence-corrected chi connectivity index (χ3v) is 4.97. The lowest BCUT2D eigenvalue weighted by Gasteiger charge is -2.09. The van der Waals surface area contributed by atoms with Gasteiger partial charge in [0.1, 0.15) is 0 Å². The lowest BCUT2D eigenvalue weighted by molar-refractivity contribution is 0.426. The van der Waals surface area contributed by atoms with Crippen molar-refractivity contribution in [2.45, 2.75) is 0 Å². The molecule has 124 valence electrons. The Balaban J connectivity index is 1.98. The van der Waals surface area contributed by atoms with Crippen LogP contribution in [0.3, 0.4) is 0 Å². The van der Waals surface area contributed by atoms with Crippen molar-refractivity contribution in [2.24, 2.45) is 0 Å². The maximum absolute atomic E-state index is 9.62. The largest absolute Gasteiger partial charge is 0.488 e. The summed E-state index contributed by atoms with van der Waals surface area (Å²) in [5, 5.41) is 23.9. The molecular formula is C22H16BNO2. The van der Waals surface area contributed by atoms with Crippen molar-refractivity contribution in [3.63, 3.8) is 0 Å².